The summed E-state index contributed by atoms with van der Waals surface area (Å²) in [7, 11) is 0. The summed E-state index contributed by atoms with van der Waals surface area (Å²) >= 11 is 1.54. The van der Waals surface area contributed by atoms with E-state index in [9.17, 15) is 18.4 Å². The minimum Gasteiger partial charge on any atom is -0.334 e. The van der Waals surface area contributed by atoms with Crippen LogP contribution in [-0.2, 0) is 6.54 Å². The van der Waals surface area contributed by atoms with Crippen LogP contribution in [0.1, 0.15) is 33.3 Å². The molecule has 1 fully saturated rings. The largest absolute Gasteiger partial charge is 0.334 e. The van der Waals surface area contributed by atoms with Crippen LogP contribution in [0.5, 0.6) is 0 Å². The second-order valence-corrected chi connectivity index (χ2v) is 9.43. The van der Waals surface area contributed by atoms with Gasteiger partial charge in [0.1, 0.15) is 22.2 Å². The van der Waals surface area contributed by atoms with Gasteiger partial charge in [-0.25, -0.2) is 8.78 Å². The van der Waals surface area contributed by atoms with Crippen LogP contribution in [-0.4, -0.2) is 51.9 Å². The van der Waals surface area contributed by atoms with Crippen molar-refractivity contribution in [2.24, 2.45) is 0 Å². The van der Waals surface area contributed by atoms with E-state index in [1.165, 1.54) is 30.3 Å². The third-order valence-corrected chi connectivity index (χ3v) is 7.15. The van der Waals surface area contributed by atoms with E-state index in [0.29, 0.717) is 37.4 Å². The van der Waals surface area contributed by atoms with Gasteiger partial charge in [-0.15, -0.1) is 11.3 Å². The summed E-state index contributed by atoms with van der Waals surface area (Å²) in [6.07, 6.45) is 0. The van der Waals surface area contributed by atoms with Crippen molar-refractivity contribution in [2.75, 3.05) is 19.6 Å². The Morgan fingerprint density at radius 2 is 1.74 bits per heavy atom. The number of rotatable bonds is 4. The molecule has 0 bridgehead atoms. The van der Waals surface area contributed by atoms with Crippen molar-refractivity contribution in [3.05, 3.63) is 94.5 Å². The van der Waals surface area contributed by atoms with Gasteiger partial charge >= 0.3 is 0 Å². The maximum atomic E-state index is 13.8. The molecule has 2 aromatic heterocycles. The number of thiophene rings is 1. The summed E-state index contributed by atoms with van der Waals surface area (Å²) in [6, 6.07) is 15.7. The van der Waals surface area contributed by atoms with Gasteiger partial charge in [-0.05, 0) is 60.3 Å². The lowest BCUT2D eigenvalue weighted by Crippen LogP contribution is -2.55. The van der Waals surface area contributed by atoms with Gasteiger partial charge in [-0.3, -0.25) is 9.59 Å². The third kappa shape index (κ3) is 4.21. The summed E-state index contributed by atoms with van der Waals surface area (Å²) in [5.74, 6) is -1.13. The fraction of sp³-hybridized carbons (Fsp3) is 0.231. The minimum atomic E-state index is -0.452. The second-order valence-electron chi connectivity index (χ2n) is 8.54. The maximum absolute atomic E-state index is 13.8. The van der Waals surface area contributed by atoms with Gasteiger partial charge in [0.2, 0.25) is 0 Å². The molecule has 0 aliphatic carbocycles. The van der Waals surface area contributed by atoms with E-state index >= 15 is 0 Å². The Labute approximate surface area is 199 Å². The monoisotopic (exact) mass is 479 g/mol. The molecule has 0 saturated carbocycles. The van der Waals surface area contributed by atoms with E-state index < -0.39 is 5.82 Å². The quantitative estimate of drug-likeness (QED) is 0.413. The minimum absolute atomic E-state index is 0.121. The first kappa shape index (κ1) is 22.3. The Kier molecular flexibility index (Phi) is 5.91. The third-order valence-electron chi connectivity index (χ3n) is 6.20. The van der Waals surface area contributed by atoms with Crippen molar-refractivity contribution in [1.82, 2.24) is 14.4 Å². The standard InChI is InChI=1S/C26H23F2N3O2S/c1-17-15-29(9-10-30(17)24(32)19-5-3-7-22(28)13-19)25(33)23-14-20-8-11-34-26(20)31(23)16-18-4-2-6-21(27)12-18/h2-8,11-14,17H,9-10,15-16H2,1H3/t17-/m0/s1. The number of hydrogen-bond acceptors (Lipinski definition) is 3. The summed E-state index contributed by atoms with van der Waals surface area (Å²) in [5.41, 5.74) is 1.62. The maximum Gasteiger partial charge on any atom is 0.270 e. The molecule has 34 heavy (non-hydrogen) atoms. The van der Waals surface area contributed by atoms with E-state index in [0.717, 1.165) is 15.8 Å². The molecule has 2 aromatic carbocycles. The Morgan fingerprint density at radius 3 is 2.47 bits per heavy atom. The lowest BCUT2D eigenvalue weighted by Gasteiger charge is -2.40. The van der Waals surface area contributed by atoms with Crippen molar-refractivity contribution in [2.45, 2.75) is 19.5 Å². The lowest BCUT2D eigenvalue weighted by molar-refractivity contribution is 0.0409. The van der Waals surface area contributed by atoms with E-state index in [1.807, 2.05) is 35.1 Å². The topological polar surface area (TPSA) is 45.6 Å². The zero-order chi connectivity index (χ0) is 23.8. The zero-order valence-electron chi connectivity index (χ0n) is 18.6. The number of carbonyl (C=O) groups is 2. The highest BCUT2D eigenvalue weighted by Gasteiger charge is 2.32. The first-order chi connectivity index (χ1) is 16.4. The van der Waals surface area contributed by atoms with Crippen LogP contribution in [0.15, 0.2) is 66.0 Å². The number of amides is 2. The van der Waals surface area contributed by atoms with Crippen LogP contribution in [0.3, 0.4) is 0 Å². The molecule has 1 aliphatic rings. The van der Waals surface area contributed by atoms with Gasteiger partial charge in [0.25, 0.3) is 11.8 Å². The molecule has 0 spiro atoms. The predicted molar refractivity (Wildman–Crippen MR) is 128 cm³/mol. The van der Waals surface area contributed by atoms with Crippen LogP contribution >= 0.6 is 11.3 Å². The number of aromatic nitrogens is 1. The summed E-state index contributed by atoms with van der Waals surface area (Å²) in [4.78, 5) is 30.9. The predicted octanol–water partition coefficient (Wildman–Crippen LogP) is 5.02. The Balaban J connectivity index is 1.37. The van der Waals surface area contributed by atoms with Gasteiger partial charge < -0.3 is 14.4 Å². The number of halogens is 2. The number of carbonyl (C=O) groups excluding carboxylic acids is 2. The van der Waals surface area contributed by atoms with Gasteiger partial charge in [0.05, 0.1) is 0 Å². The zero-order valence-corrected chi connectivity index (χ0v) is 19.4. The average Bonchev–Trinajstić information content (AvgIpc) is 3.41. The number of fused-ring (bicyclic) bond motifs is 1. The second kappa shape index (κ2) is 9.02. The van der Waals surface area contributed by atoms with Crippen molar-refractivity contribution in [3.63, 3.8) is 0 Å². The molecule has 2 amide bonds. The first-order valence-electron chi connectivity index (χ1n) is 11.1. The van der Waals surface area contributed by atoms with Crippen molar-refractivity contribution >= 4 is 33.4 Å². The smallest absolute Gasteiger partial charge is 0.270 e. The normalized spacial score (nSPS) is 16.3. The molecule has 4 aromatic rings. The molecule has 5 nitrogen and oxygen atoms in total. The Morgan fingerprint density at radius 1 is 0.971 bits per heavy atom. The van der Waals surface area contributed by atoms with Gasteiger partial charge in [0.15, 0.2) is 0 Å². The average molecular weight is 480 g/mol. The van der Waals surface area contributed by atoms with Crippen molar-refractivity contribution in [3.8, 4) is 0 Å². The van der Waals surface area contributed by atoms with Crippen LogP contribution in [0.25, 0.3) is 10.2 Å². The number of hydrogen-bond donors (Lipinski definition) is 0. The number of nitrogens with zero attached hydrogens (tertiary/aromatic N) is 3. The molecule has 0 radical (unpaired) electrons. The fourth-order valence-corrected chi connectivity index (χ4v) is 5.42. The highest BCUT2D eigenvalue weighted by atomic mass is 32.1. The lowest BCUT2D eigenvalue weighted by atomic mass is 10.1. The Bertz CT molecular complexity index is 1380. The molecule has 5 rings (SSSR count). The van der Waals surface area contributed by atoms with Crippen LogP contribution in [0.2, 0.25) is 0 Å². The molecule has 0 N–H and O–H groups in total. The fourth-order valence-electron chi connectivity index (χ4n) is 4.52. The van der Waals surface area contributed by atoms with E-state index in [1.54, 1.807) is 33.3 Å². The summed E-state index contributed by atoms with van der Waals surface area (Å²) in [6.45, 7) is 3.39. The molecule has 0 unspecified atom stereocenters. The van der Waals surface area contributed by atoms with E-state index in [-0.39, 0.29) is 23.7 Å². The Hall–Kier alpha value is -3.52. The summed E-state index contributed by atoms with van der Waals surface area (Å²) in [5, 5.41) is 2.94. The van der Waals surface area contributed by atoms with Crippen molar-refractivity contribution in [1.29, 1.82) is 0 Å². The molecular formula is C26H23F2N3O2S. The van der Waals surface area contributed by atoms with Crippen LogP contribution in [0.4, 0.5) is 8.78 Å². The van der Waals surface area contributed by atoms with E-state index in [4.69, 9.17) is 0 Å². The van der Waals surface area contributed by atoms with Crippen LogP contribution in [0, 0.1) is 11.6 Å². The molecular weight excluding hydrogens is 456 g/mol. The molecule has 3 heterocycles. The molecule has 1 atom stereocenters. The number of piperazine rings is 1. The first-order valence-corrected chi connectivity index (χ1v) is 12.0. The molecule has 174 valence electrons. The van der Waals surface area contributed by atoms with Crippen LogP contribution < -0.4 is 0 Å². The molecule has 1 aliphatic heterocycles. The van der Waals surface area contributed by atoms with Crippen molar-refractivity contribution < 1.29 is 18.4 Å². The SMILES string of the molecule is C[C@H]1CN(C(=O)c2cc3ccsc3n2Cc2cccc(F)c2)CCN1C(=O)c1cccc(F)c1. The van der Waals surface area contributed by atoms with Gasteiger partial charge in [-0.2, -0.15) is 0 Å². The van der Waals surface area contributed by atoms with Gasteiger partial charge in [0, 0.05) is 43.2 Å². The van der Waals surface area contributed by atoms with E-state index in [2.05, 4.69) is 0 Å². The molecule has 8 heteroatoms. The summed E-state index contributed by atoms with van der Waals surface area (Å²) < 4.78 is 29.3. The molecule has 1 saturated heterocycles. The number of benzene rings is 2. The highest BCUT2D eigenvalue weighted by Crippen LogP contribution is 2.28. The van der Waals surface area contributed by atoms with Gasteiger partial charge in [-0.1, -0.05) is 18.2 Å². The highest BCUT2D eigenvalue weighted by molar-refractivity contribution is 7.16.